The fourth-order valence-corrected chi connectivity index (χ4v) is 2.69. The Morgan fingerprint density at radius 1 is 1.38 bits per heavy atom. The lowest BCUT2D eigenvalue weighted by atomic mass is 10.1. The standard InChI is InChI=1S/C15H20N6O.2ClH/c1-16-12-6-4-8-20(9-12)15(22)14-11-21(19-18-14)10-13-5-2-3-7-17-13;;/h2-3,5,7,11-12,16H,4,6,8-10H2,1H3;2*1H. The van der Waals surface area contributed by atoms with Crippen LogP contribution in [0.4, 0.5) is 0 Å². The number of amides is 1. The summed E-state index contributed by atoms with van der Waals surface area (Å²) in [6, 6.07) is 6.08. The number of carbonyl (C=O) groups excluding carboxylic acids is 1. The van der Waals surface area contributed by atoms with Crippen LogP contribution in [0.5, 0.6) is 0 Å². The van der Waals surface area contributed by atoms with E-state index in [1.54, 1.807) is 17.1 Å². The van der Waals surface area contributed by atoms with Gasteiger partial charge in [-0.05, 0) is 32.0 Å². The molecule has 1 N–H and O–H groups in total. The SMILES string of the molecule is CNC1CCCN(C(=O)c2cn(Cc3ccccn3)nn2)C1.Cl.Cl. The highest BCUT2D eigenvalue weighted by Crippen LogP contribution is 2.12. The number of hydrogen-bond acceptors (Lipinski definition) is 5. The summed E-state index contributed by atoms with van der Waals surface area (Å²) >= 11 is 0. The molecule has 0 radical (unpaired) electrons. The number of hydrogen-bond donors (Lipinski definition) is 1. The molecule has 2 aromatic rings. The molecule has 0 spiro atoms. The quantitative estimate of drug-likeness (QED) is 0.877. The summed E-state index contributed by atoms with van der Waals surface area (Å²) in [4.78, 5) is 18.6. The van der Waals surface area contributed by atoms with Gasteiger partial charge in [0.2, 0.25) is 0 Å². The molecular formula is C15H22Cl2N6O. The van der Waals surface area contributed by atoms with Crippen molar-refractivity contribution in [2.75, 3.05) is 20.1 Å². The van der Waals surface area contributed by atoms with E-state index in [9.17, 15) is 4.79 Å². The van der Waals surface area contributed by atoms with Crippen molar-refractivity contribution in [2.24, 2.45) is 0 Å². The highest BCUT2D eigenvalue weighted by Gasteiger charge is 2.25. The Labute approximate surface area is 153 Å². The van der Waals surface area contributed by atoms with Gasteiger partial charge in [0, 0.05) is 25.3 Å². The minimum atomic E-state index is -0.0489. The summed E-state index contributed by atoms with van der Waals surface area (Å²) in [5.41, 5.74) is 1.28. The van der Waals surface area contributed by atoms with Gasteiger partial charge in [0.1, 0.15) is 0 Å². The van der Waals surface area contributed by atoms with Crippen molar-refractivity contribution in [1.29, 1.82) is 0 Å². The highest BCUT2D eigenvalue weighted by atomic mass is 35.5. The number of likely N-dealkylation sites (tertiary alicyclic amines) is 1. The van der Waals surface area contributed by atoms with Crippen molar-refractivity contribution < 1.29 is 4.79 Å². The van der Waals surface area contributed by atoms with Gasteiger partial charge in [0.25, 0.3) is 5.91 Å². The number of pyridine rings is 1. The van der Waals surface area contributed by atoms with Gasteiger partial charge in [0.15, 0.2) is 5.69 Å². The van der Waals surface area contributed by atoms with Gasteiger partial charge in [0.05, 0.1) is 18.4 Å². The largest absolute Gasteiger partial charge is 0.336 e. The molecule has 0 aromatic carbocycles. The van der Waals surface area contributed by atoms with E-state index in [0.29, 0.717) is 18.3 Å². The van der Waals surface area contributed by atoms with Crippen LogP contribution in [0.25, 0.3) is 0 Å². The number of halogens is 2. The first-order valence-corrected chi connectivity index (χ1v) is 7.53. The molecule has 1 atom stereocenters. The summed E-state index contributed by atoms with van der Waals surface area (Å²) in [5.74, 6) is -0.0489. The predicted molar refractivity (Wildman–Crippen MR) is 95.8 cm³/mol. The maximum atomic E-state index is 12.5. The Bertz CT molecular complexity index is 636. The van der Waals surface area contributed by atoms with Gasteiger partial charge in [-0.3, -0.25) is 9.78 Å². The van der Waals surface area contributed by atoms with Crippen molar-refractivity contribution in [3.8, 4) is 0 Å². The molecule has 3 heterocycles. The fraction of sp³-hybridized carbons (Fsp3) is 0.467. The number of piperidine rings is 1. The molecular weight excluding hydrogens is 351 g/mol. The van der Waals surface area contributed by atoms with Gasteiger partial charge in [-0.2, -0.15) is 0 Å². The van der Waals surface area contributed by atoms with E-state index in [-0.39, 0.29) is 30.7 Å². The zero-order valence-corrected chi connectivity index (χ0v) is 15.1. The smallest absolute Gasteiger partial charge is 0.276 e. The normalized spacial score (nSPS) is 16.9. The maximum Gasteiger partial charge on any atom is 0.276 e. The van der Waals surface area contributed by atoms with Gasteiger partial charge < -0.3 is 10.2 Å². The van der Waals surface area contributed by atoms with Crippen molar-refractivity contribution in [3.63, 3.8) is 0 Å². The molecule has 3 rings (SSSR count). The number of nitrogens with zero attached hydrogens (tertiary/aromatic N) is 5. The Kier molecular flexibility index (Phi) is 8.10. The first-order valence-electron chi connectivity index (χ1n) is 7.53. The maximum absolute atomic E-state index is 12.5. The Hall–Kier alpha value is -1.70. The van der Waals surface area contributed by atoms with Crippen molar-refractivity contribution in [3.05, 3.63) is 42.0 Å². The second kappa shape index (κ2) is 9.56. The zero-order valence-electron chi connectivity index (χ0n) is 13.5. The summed E-state index contributed by atoms with van der Waals surface area (Å²) < 4.78 is 1.65. The van der Waals surface area contributed by atoms with Crippen LogP contribution >= 0.6 is 24.8 Å². The van der Waals surface area contributed by atoms with E-state index in [4.69, 9.17) is 0 Å². The van der Waals surface area contributed by atoms with Crippen molar-refractivity contribution >= 4 is 30.7 Å². The molecule has 1 amide bonds. The van der Waals surface area contributed by atoms with E-state index in [1.807, 2.05) is 30.1 Å². The Morgan fingerprint density at radius 3 is 2.92 bits per heavy atom. The number of carbonyl (C=O) groups is 1. The third-order valence-electron chi connectivity index (χ3n) is 3.92. The van der Waals surface area contributed by atoms with Crippen LogP contribution in [-0.2, 0) is 6.54 Å². The zero-order chi connectivity index (χ0) is 15.4. The molecule has 7 nitrogen and oxygen atoms in total. The summed E-state index contributed by atoms with van der Waals surface area (Å²) in [6.45, 7) is 2.02. The second-order valence-electron chi connectivity index (χ2n) is 5.50. The van der Waals surface area contributed by atoms with Crippen LogP contribution in [0.15, 0.2) is 30.6 Å². The number of aromatic nitrogens is 4. The predicted octanol–water partition coefficient (Wildman–Crippen LogP) is 1.39. The van der Waals surface area contributed by atoms with Crippen molar-refractivity contribution in [1.82, 2.24) is 30.2 Å². The molecule has 1 aliphatic heterocycles. The summed E-state index contributed by atoms with van der Waals surface area (Å²) in [5, 5.41) is 11.3. The topological polar surface area (TPSA) is 75.9 Å². The third kappa shape index (κ3) is 4.90. The number of likely N-dealkylation sites (N-methyl/N-ethyl adjacent to an activating group) is 1. The van der Waals surface area contributed by atoms with Crippen LogP contribution < -0.4 is 5.32 Å². The number of rotatable bonds is 4. The highest BCUT2D eigenvalue weighted by molar-refractivity contribution is 5.92. The lowest BCUT2D eigenvalue weighted by Crippen LogP contribution is -2.47. The van der Waals surface area contributed by atoms with Gasteiger partial charge >= 0.3 is 0 Å². The molecule has 132 valence electrons. The van der Waals surface area contributed by atoms with Crippen LogP contribution in [0.1, 0.15) is 29.0 Å². The average molecular weight is 373 g/mol. The third-order valence-corrected chi connectivity index (χ3v) is 3.92. The summed E-state index contributed by atoms with van der Waals surface area (Å²) in [7, 11) is 1.93. The van der Waals surface area contributed by atoms with Gasteiger partial charge in [-0.15, -0.1) is 29.9 Å². The van der Waals surface area contributed by atoms with E-state index < -0.39 is 0 Å². The van der Waals surface area contributed by atoms with E-state index in [1.165, 1.54) is 0 Å². The molecule has 2 aromatic heterocycles. The molecule has 1 unspecified atom stereocenters. The Balaban J connectivity index is 0.00000144. The molecule has 0 saturated carbocycles. The van der Waals surface area contributed by atoms with E-state index in [0.717, 1.165) is 31.6 Å². The average Bonchev–Trinajstić information content (AvgIpc) is 3.03. The number of nitrogens with one attached hydrogen (secondary N) is 1. The first kappa shape index (κ1) is 20.3. The minimum absolute atomic E-state index is 0. The van der Waals surface area contributed by atoms with Crippen LogP contribution in [0.3, 0.4) is 0 Å². The van der Waals surface area contributed by atoms with Crippen molar-refractivity contribution in [2.45, 2.75) is 25.4 Å². The minimum Gasteiger partial charge on any atom is -0.336 e. The monoisotopic (exact) mass is 372 g/mol. The molecule has 24 heavy (non-hydrogen) atoms. The summed E-state index contributed by atoms with van der Waals surface area (Å²) in [6.07, 6.45) is 5.55. The van der Waals surface area contributed by atoms with E-state index >= 15 is 0 Å². The molecule has 0 aliphatic carbocycles. The lowest BCUT2D eigenvalue weighted by molar-refractivity contribution is 0.0692. The van der Waals surface area contributed by atoms with E-state index in [2.05, 4.69) is 20.6 Å². The van der Waals surface area contributed by atoms with Gasteiger partial charge in [-0.25, -0.2) is 4.68 Å². The lowest BCUT2D eigenvalue weighted by Gasteiger charge is -2.31. The fourth-order valence-electron chi connectivity index (χ4n) is 2.69. The van der Waals surface area contributed by atoms with Crippen LogP contribution in [0, 0.1) is 0 Å². The molecule has 0 bridgehead atoms. The second-order valence-corrected chi connectivity index (χ2v) is 5.50. The van der Waals surface area contributed by atoms with Crippen LogP contribution in [0.2, 0.25) is 0 Å². The molecule has 1 aliphatic rings. The molecule has 1 fully saturated rings. The Morgan fingerprint density at radius 2 is 2.21 bits per heavy atom. The van der Waals surface area contributed by atoms with Gasteiger partial charge in [-0.1, -0.05) is 11.3 Å². The molecule has 1 saturated heterocycles. The first-order chi connectivity index (χ1) is 10.8. The van der Waals surface area contributed by atoms with Crippen LogP contribution in [-0.4, -0.2) is 57.0 Å². The molecule has 9 heteroatoms.